The third-order valence-electron chi connectivity index (χ3n) is 4.72. The Kier molecular flexibility index (Phi) is 5.53. The van der Waals surface area contributed by atoms with Crippen LogP contribution < -0.4 is 5.32 Å². The molecule has 2 nitrogen and oxygen atoms in total. The molecule has 0 aromatic carbocycles. The number of terminal acetylenes is 1. The van der Waals surface area contributed by atoms with Gasteiger partial charge in [0.2, 0.25) is 0 Å². The van der Waals surface area contributed by atoms with E-state index in [0.717, 1.165) is 12.3 Å². The van der Waals surface area contributed by atoms with E-state index in [1.54, 1.807) is 0 Å². The lowest BCUT2D eigenvalue weighted by atomic mass is 9.83. The molecule has 0 bridgehead atoms. The van der Waals surface area contributed by atoms with Crippen LogP contribution in [0.25, 0.3) is 0 Å². The SMILES string of the molecule is C#CCC(C)N1CCCNC(C2CCCCC2)C1. The maximum Gasteiger partial charge on any atom is 0.0240 e. The lowest BCUT2D eigenvalue weighted by Crippen LogP contribution is -2.46. The van der Waals surface area contributed by atoms with Crippen molar-refractivity contribution in [1.82, 2.24) is 10.2 Å². The molecule has 0 aromatic rings. The molecule has 1 saturated carbocycles. The Bertz CT molecular complexity index is 275. The summed E-state index contributed by atoms with van der Waals surface area (Å²) in [5, 5.41) is 3.78. The van der Waals surface area contributed by atoms with Crippen molar-refractivity contribution >= 4 is 0 Å². The third-order valence-corrected chi connectivity index (χ3v) is 4.72. The minimum absolute atomic E-state index is 0.543. The van der Waals surface area contributed by atoms with E-state index >= 15 is 0 Å². The highest BCUT2D eigenvalue weighted by Crippen LogP contribution is 2.28. The summed E-state index contributed by atoms with van der Waals surface area (Å²) in [4.78, 5) is 2.61. The molecule has 2 rings (SSSR count). The largest absolute Gasteiger partial charge is 0.312 e. The highest BCUT2D eigenvalue weighted by atomic mass is 15.2. The predicted molar refractivity (Wildman–Crippen MR) is 77.5 cm³/mol. The van der Waals surface area contributed by atoms with E-state index in [-0.39, 0.29) is 0 Å². The van der Waals surface area contributed by atoms with Crippen LogP contribution in [-0.2, 0) is 0 Å². The minimum Gasteiger partial charge on any atom is -0.312 e. The average Bonchev–Trinajstić information content (AvgIpc) is 2.66. The van der Waals surface area contributed by atoms with E-state index < -0.39 is 0 Å². The molecule has 2 unspecified atom stereocenters. The Hall–Kier alpha value is -0.520. The second kappa shape index (κ2) is 7.16. The van der Waals surface area contributed by atoms with Crippen molar-refractivity contribution in [2.75, 3.05) is 19.6 Å². The molecular weight excluding hydrogens is 220 g/mol. The lowest BCUT2D eigenvalue weighted by molar-refractivity contribution is 0.171. The van der Waals surface area contributed by atoms with Crippen LogP contribution >= 0.6 is 0 Å². The second-order valence-electron chi connectivity index (χ2n) is 6.06. The van der Waals surface area contributed by atoms with E-state index in [1.165, 1.54) is 58.2 Å². The molecule has 2 aliphatic rings. The van der Waals surface area contributed by atoms with Crippen molar-refractivity contribution in [3.8, 4) is 12.3 Å². The van der Waals surface area contributed by atoms with Gasteiger partial charge in [0, 0.05) is 25.0 Å². The van der Waals surface area contributed by atoms with Gasteiger partial charge in [-0.2, -0.15) is 0 Å². The van der Waals surface area contributed by atoms with Gasteiger partial charge in [0.15, 0.2) is 0 Å². The highest BCUT2D eigenvalue weighted by molar-refractivity contribution is 4.92. The fourth-order valence-corrected chi connectivity index (χ4v) is 3.53. The molecule has 102 valence electrons. The molecule has 1 aliphatic heterocycles. The summed E-state index contributed by atoms with van der Waals surface area (Å²) in [7, 11) is 0. The summed E-state index contributed by atoms with van der Waals surface area (Å²) in [5.74, 6) is 3.72. The van der Waals surface area contributed by atoms with Crippen LogP contribution in [0, 0.1) is 18.3 Å². The maximum atomic E-state index is 5.46. The summed E-state index contributed by atoms with van der Waals surface area (Å²) in [6.45, 7) is 5.87. The van der Waals surface area contributed by atoms with Gasteiger partial charge in [-0.3, -0.25) is 4.90 Å². The van der Waals surface area contributed by atoms with E-state index in [1.807, 2.05) is 0 Å². The first-order valence-corrected chi connectivity index (χ1v) is 7.72. The molecule has 1 N–H and O–H groups in total. The topological polar surface area (TPSA) is 15.3 Å². The molecule has 0 radical (unpaired) electrons. The molecule has 1 heterocycles. The zero-order valence-corrected chi connectivity index (χ0v) is 11.8. The molecule has 2 atom stereocenters. The molecule has 2 heteroatoms. The smallest absolute Gasteiger partial charge is 0.0240 e. The van der Waals surface area contributed by atoms with Crippen LogP contribution in [0.2, 0.25) is 0 Å². The molecule has 18 heavy (non-hydrogen) atoms. The normalized spacial score (nSPS) is 29.4. The first-order chi connectivity index (χ1) is 8.81. The van der Waals surface area contributed by atoms with Gasteiger partial charge in [0.05, 0.1) is 0 Å². The Morgan fingerprint density at radius 1 is 1.28 bits per heavy atom. The Balaban J connectivity index is 1.91. The van der Waals surface area contributed by atoms with Crippen molar-refractivity contribution < 1.29 is 0 Å². The fourth-order valence-electron chi connectivity index (χ4n) is 3.53. The fraction of sp³-hybridized carbons (Fsp3) is 0.875. The zero-order chi connectivity index (χ0) is 12.8. The van der Waals surface area contributed by atoms with E-state index in [4.69, 9.17) is 6.42 Å². The van der Waals surface area contributed by atoms with Gasteiger partial charge in [0.25, 0.3) is 0 Å². The van der Waals surface area contributed by atoms with E-state index in [2.05, 4.69) is 23.1 Å². The number of rotatable bonds is 3. The summed E-state index contributed by atoms with van der Waals surface area (Å²) in [6, 6.07) is 1.24. The summed E-state index contributed by atoms with van der Waals surface area (Å²) in [5.41, 5.74) is 0. The Morgan fingerprint density at radius 2 is 2.06 bits per heavy atom. The Labute approximate surface area is 113 Å². The van der Waals surface area contributed by atoms with Crippen LogP contribution in [0.1, 0.15) is 51.9 Å². The quantitative estimate of drug-likeness (QED) is 0.773. The Morgan fingerprint density at radius 3 is 2.78 bits per heavy atom. The number of hydrogen-bond acceptors (Lipinski definition) is 2. The standard InChI is InChI=1S/C16H28N2/c1-3-8-14(2)18-12-7-11-17-16(13-18)15-9-5-4-6-10-15/h1,14-17H,4-13H2,2H3. The summed E-state index contributed by atoms with van der Waals surface area (Å²) < 4.78 is 0. The van der Waals surface area contributed by atoms with Crippen molar-refractivity contribution in [2.45, 2.75) is 64.0 Å². The molecule has 0 aromatic heterocycles. The summed E-state index contributed by atoms with van der Waals surface area (Å²) in [6.07, 6.45) is 14.8. The van der Waals surface area contributed by atoms with Crippen molar-refractivity contribution in [2.24, 2.45) is 5.92 Å². The van der Waals surface area contributed by atoms with Crippen molar-refractivity contribution in [3.05, 3.63) is 0 Å². The van der Waals surface area contributed by atoms with E-state index in [0.29, 0.717) is 12.1 Å². The van der Waals surface area contributed by atoms with Gasteiger partial charge < -0.3 is 5.32 Å². The monoisotopic (exact) mass is 248 g/mol. The number of nitrogens with one attached hydrogen (secondary N) is 1. The molecule has 2 fully saturated rings. The van der Waals surface area contributed by atoms with Gasteiger partial charge in [0.1, 0.15) is 0 Å². The van der Waals surface area contributed by atoms with Crippen molar-refractivity contribution in [1.29, 1.82) is 0 Å². The maximum absolute atomic E-state index is 5.46. The van der Waals surface area contributed by atoms with Crippen LogP contribution in [0.3, 0.4) is 0 Å². The van der Waals surface area contributed by atoms with Gasteiger partial charge in [-0.1, -0.05) is 19.3 Å². The minimum atomic E-state index is 0.543. The number of nitrogens with zero attached hydrogens (tertiary/aromatic N) is 1. The summed E-state index contributed by atoms with van der Waals surface area (Å²) >= 11 is 0. The van der Waals surface area contributed by atoms with Crippen LogP contribution in [0.15, 0.2) is 0 Å². The molecular formula is C16H28N2. The van der Waals surface area contributed by atoms with Gasteiger partial charge in [-0.15, -0.1) is 12.3 Å². The van der Waals surface area contributed by atoms with Gasteiger partial charge in [-0.25, -0.2) is 0 Å². The van der Waals surface area contributed by atoms with Gasteiger partial charge in [-0.05, 0) is 45.2 Å². The van der Waals surface area contributed by atoms with Crippen LogP contribution in [0.4, 0.5) is 0 Å². The number of hydrogen-bond donors (Lipinski definition) is 1. The third kappa shape index (κ3) is 3.73. The molecule has 0 amide bonds. The van der Waals surface area contributed by atoms with Crippen LogP contribution in [0.5, 0.6) is 0 Å². The first-order valence-electron chi connectivity index (χ1n) is 7.72. The predicted octanol–water partition coefficient (Wildman–Crippen LogP) is 2.64. The second-order valence-corrected chi connectivity index (χ2v) is 6.06. The van der Waals surface area contributed by atoms with Crippen molar-refractivity contribution in [3.63, 3.8) is 0 Å². The highest BCUT2D eigenvalue weighted by Gasteiger charge is 2.28. The zero-order valence-electron chi connectivity index (χ0n) is 11.8. The van der Waals surface area contributed by atoms with E-state index in [9.17, 15) is 0 Å². The van der Waals surface area contributed by atoms with Gasteiger partial charge >= 0.3 is 0 Å². The molecule has 0 spiro atoms. The molecule has 1 aliphatic carbocycles. The molecule has 1 saturated heterocycles. The van der Waals surface area contributed by atoms with Crippen LogP contribution in [-0.4, -0.2) is 36.6 Å². The average molecular weight is 248 g/mol. The first kappa shape index (κ1) is 13.9. The lowest BCUT2D eigenvalue weighted by Gasteiger charge is -2.34.